The Morgan fingerprint density at radius 1 is 1.33 bits per heavy atom. The third-order valence-electron chi connectivity index (χ3n) is 2.62. The fourth-order valence-corrected chi connectivity index (χ4v) is 2.45. The molecule has 2 aromatic rings. The van der Waals surface area contributed by atoms with Crippen molar-refractivity contribution in [2.75, 3.05) is 10.5 Å². The van der Waals surface area contributed by atoms with Crippen LogP contribution in [0.15, 0.2) is 30.3 Å². The van der Waals surface area contributed by atoms with Crippen LogP contribution >= 0.6 is 11.9 Å². The molecule has 1 aromatic heterocycles. The number of unbranched alkanes of at least 4 members (excludes halogenated alkanes) is 1. The zero-order valence-corrected chi connectivity index (χ0v) is 11.2. The van der Waals surface area contributed by atoms with Crippen LogP contribution in [0, 0.1) is 0 Å². The van der Waals surface area contributed by atoms with Crippen LogP contribution in [0.5, 0.6) is 0 Å². The highest BCUT2D eigenvalue weighted by atomic mass is 32.2. The van der Waals surface area contributed by atoms with E-state index in [0.717, 1.165) is 28.6 Å². The average Bonchev–Trinajstić information content (AvgIpc) is 2.43. The second-order valence-corrected chi connectivity index (χ2v) is 4.97. The van der Waals surface area contributed by atoms with E-state index in [0.29, 0.717) is 5.69 Å². The molecule has 0 saturated carbocycles. The molecular weight excluding hydrogens is 244 g/mol. The summed E-state index contributed by atoms with van der Waals surface area (Å²) in [5.74, 6) is 1.11. The molecule has 0 aliphatic heterocycles. The van der Waals surface area contributed by atoms with Gasteiger partial charge in [-0.1, -0.05) is 31.4 Å². The third kappa shape index (κ3) is 3.23. The molecule has 94 valence electrons. The van der Waals surface area contributed by atoms with E-state index in [1.54, 1.807) is 18.0 Å². The number of fused-ring (bicyclic) bond motifs is 1. The van der Waals surface area contributed by atoms with Crippen LogP contribution in [0.3, 0.4) is 0 Å². The normalized spacial score (nSPS) is 10.5. The molecule has 1 heterocycles. The van der Waals surface area contributed by atoms with Gasteiger partial charge in [0.05, 0.1) is 5.52 Å². The average molecular weight is 260 g/mol. The molecule has 3 nitrogen and oxygen atoms in total. The molecule has 2 rings (SSSR count). The van der Waals surface area contributed by atoms with Crippen molar-refractivity contribution >= 4 is 34.8 Å². The molecule has 0 atom stereocenters. The highest BCUT2D eigenvalue weighted by Crippen LogP contribution is 2.20. The molecule has 0 spiro atoms. The number of hydrogen-bond donors (Lipinski definition) is 1. The van der Waals surface area contributed by atoms with E-state index >= 15 is 0 Å². The maximum absolute atomic E-state index is 10.6. The molecule has 1 N–H and O–H groups in total. The molecule has 18 heavy (non-hydrogen) atoms. The SMILES string of the molecule is CCCCSNc1ccc2nc(C=O)ccc2c1. The highest BCUT2D eigenvalue weighted by molar-refractivity contribution is 8.00. The Bertz CT molecular complexity index is 542. The fourth-order valence-electron chi connectivity index (χ4n) is 1.62. The standard InChI is InChI=1S/C14H16N2OS/c1-2-3-8-18-16-12-6-7-14-11(9-12)4-5-13(10-17)15-14/h4-7,9-10,16H,2-3,8H2,1H3. The predicted octanol–water partition coefficient (Wildman–Crippen LogP) is 3.91. The topological polar surface area (TPSA) is 42.0 Å². The molecule has 1 aromatic carbocycles. The maximum Gasteiger partial charge on any atom is 0.168 e. The Labute approximate surface area is 111 Å². The van der Waals surface area contributed by atoms with Crippen LogP contribution < -0.4 is 4.72 Å². The summed E-state index contributed by atoms with van der Waals surface area (Å²) in [5.41, 5.74) is 2.40. The molecule has 0 amide bonds. The van der Waals surface area contributed by atoms with Gasteiger partial charge in [-0.15, -0.1) is 0 Å². The van der Waals surface area contributed by atoms with Crippen LogP contribution in [0.2, 0.25) is 0 Å². The summed E-state index contributed by atoms with van der Waals surface area (Å²) in [5, 5.41) is 1.04. The van der Waals surface area contributed by atoms with Crippen LogP contribution in [-0.4, -0.2) is 17.0 Å². The van der Waals surface area contributed by atoms with E-state index < -0.39 is 0 Å². The van der Waals surface area contributed by atoms with Gasteiger partial charge < -0.3 is 4.72 Å². The number of anilines is 1. The summed E-state index contributed by atoms with van der Waals surface area (Å²) >= 11 is 1.72. The lowest BCUT2D eigenvalue weighted by Crippen LogP contribution is -1.91. The Morgan fingerprint density at radius 3 is 3.00 bits per heavy atom. The van der Waals surface area contributed by atoms with Crippen LogP contribution in [0.4, 0.5) is 5.69 Å². The number of nitrogens with one attached hydrogen (secondary N) is 1. The van der Waals surface area contributed by atoms with Gasteiger partial charge in [0.1, 0.15) is 5.69 Å². The Balaban J connectivity index is 2.10. The molecule has 0 bridgehead atoms. The summed E-state index contributed by atoms with van der Waals surface area (Å²) in [4.78, 5) is 14.9. The number of pyridine rings is 1. The smallest absolute Gasteiger partial charge is 0.168 e. The maximum atomic E-state index is 10.6. The second-order valence-electron chi connectivity index (χ2n) is 4.07. The number of aromatic nitrogens is 1. The van der Waals surface area contributed by atoms with Crippen molar-refractivity contribution < 1.29 is 4.79 Å². The Morgan fingerprint density at radius 2 is 2.22 bits per heavy atom. The minimum atomic E-state index is 0.473. The minimum absolute atomic E-state index is 0.473. The zero-order chi connectivity index (χ0) is 12.8. The van der Waals surface area contributed by atoms with Crippen molar-refractivity contribution in [1.29, 1.82) is 0 Å². The van der Waals surface area contributed by atoms with Gasteiger partial charge in [-0.2, -0.15) is 0 Å². The van der Waals surface area contributed by atoms with Crippen LogP contribution in [-0.2, 0) is 0 Å². The minimum Gasteiger partial charge on any atom is -0.330 e. The lowest BCUT2D eigenvalue weighted by atomic mass is 10.2. The monoisotopic (exact) mass is 260 g/mol. The molecular formula is C14H16N2OS. The first-order valence-corrected chi connectivity index (χ1v) is 7.06. The summed E-state index contributed by atoms with van der Waals surface area (Å²) in [6.45, 7) is 2.19. The molecule has 0 saturated heterocycles. The second kappa shape index (κ2) is 6.40. The van der Waals surface area contributed by atoms with Crippen LogP contribution in [0.25, 0.3) is 10.9 Å². The summed E-state index contributed by atoms with van der Waals surface area (Å²) in [6, 6.07) is 9.64. The number of benzene rings is 1. The van der Waals surface area contributed by atoms with Gasteiger partial charge in [0.2, 0.25) is 0 Å². The number of carbonyl (C=O) groups excluding carboxylic acids is 1. The van der Waals surface area contributed by atoms with E-state index in [-0.39, 0.29) is 0 Å². The van der Waals surface area contributed by atoms with Crippen LogP contribution in [0.1, 0.15) is 30.3 Å². The predicted molar refractivity (Wildman–Crippen MR) is 78.1 cm³/mol. The number of nitrogens with zero attached hydrogens (tertiary/aromatic N) is 1. The molecule has 0 aliphatic rings. The molecule has 4 heteroatoms. The third-order valence-corrected chi connectivity index (χ3v) is 3.49. The first-order valence-electron chi connectivity index (χ1n) is 6.07. The Hall–Kier alpha value is -1.55. The Kier molecular flexibility index (Phi) is 4.59. The fraction of sp³-hybridized carbons (Fsp3) is 0.286. The van der Waals surface area contributed by atoms with Crippen molar-refractivity contribution in [1.82, 2.24) is 4.98 Å². The molecule has 0 radical (unpaired) electrons. The number of hydrogen-bond acceptors (Lipinski definition) is 4. The largest absolute Gasteiger partial charge is 0.330 e. The summed E-state index contributed by atoms with van der Waals surface area (Å²) in [7, 11) is 0. The molecule has 0 fully saturated rings. The van der Waals surface area contributed by atoms with E-state index in [9.17, 15) is 4.79 Å². The van der Waals surface area contributed by atoms with Gasteiger partial charge in [0.15, 0.2) is 6.29 Å². The van der Waals surface area contributed by atoms with Crippen molar-refractivity contribution in [3.05, 3.63) is 36.0 Å². The van der Waals surface area contributed by atoms with Gasteiger partial charge in [-0.25, -0.2) is 4.98 Å². The van der Waals surface area contributed by atoms with Crippen molar-refractivity contribution in [3.63, 3.8) is 0 Å². The van der Waals surface area contributed by atoms with Crippen molar-refractivity contribution in [3.8, 4) is 0 Å². The van der Waals surface area contributed by atoms with E-state index in [4.69, 9.17) is 0 Å². The van der Waals surface area contributed by atoms with Gasteiger partial charge in [0, 0.05) is 16.8 Å². The summed E-state index contributed by atoms with van der Waals surface area (Å²) < 4.78 is 3.32. The van der Waals surface area contributed by atoms with Gasteiger partial charge in [-0.05, 0) is 30.7 Å². The lowest BCUT2D eigenvalue weighted by molar-refractivity contribution is 0.111. The number of carbonyl (C=O) groups is 1. The van der Waals surface area contributed by atoms with Gasteiger partial charge >= 0.3 is 0 Å². The summed E-state index contributed by atoms with van der Waals surface area (Å²) in [6.07, 6.45) is 3.20. The van der Waals surface area contributed by atoms with E-state index in [1.165, 1.54) is 12.8 Å². The van der Waals surface area contributed by atoms with E-state index in [1.807, 2.05) is 18.2 Å². The number of rotatable bonds is 6. The zero-order valence-electron chi connectivity index (χ0n) is 10.3. The number of aldehydes is 1. The molecule has 0 aliphatic carbocycles. The quantitative estimate of drug-likeness (QED) is 0.486. The van der Waals surface area contributed by atoms with Crippen molar-refractivity contribution in [2.45, 2.75) is 19.8 Å². The first kappa shape index (κ1) is 12.9. The highest BCUT2D eigenvalue weighted by Gasteiger charge is 1.99. The van der Waals surface area contributed by atoms with Crippen molar-refractivity contribution in [2.24, 2.45) is 0 Å². The van der Waals surface area contributed by atoms with Gasteiger partial charge in [0.25, 0.3) is 0 Å². The lowest BCUT2D eigenvalue weighted by Gasteiger charge is -2.06. The molecule has 0 unspecified atom stereocenters. The van der Waals surface area contributed by atoms with E-state index in [2.05, 4.69) is 22.7 Å². The first-order chi connectivity index (χ1) is 8.83. The van der Waals surface area contributed by atoms with Gasteiger partial charge in [-0.3, -0.25) is 4.79 Å².